The molecule has 360 valence electrons. The van der Waals surface area contributed by atoms with Gasteiger partial charge in [0, 0.05) is 61.3 Å². The molecular weight excluding hydrogens is 865 g/mol. The van der Waals surface area contributed by atoms with Gasteiger partial charge in [0.1, 0.15) is 42.3 Å². The Balaban J connectivity index is 1.60. The van der Waals surface area contributed by atoms with Gasteiger partial charge in [-0.15, -0.1) is 0 Å². The second-order valence-corrected chi connectivity index (χ2v) is 16.1. The molecule has 4 rings (SSSR count). The predicted octanol–water partition coefficient (Wildman–Crippen LogP) is -4.42. The molecule has 2 aromatic heterocycles. The topological polar surface area (TPSA) is 422 Å². The average Bonchev–Trinajstić information content (AvgIpc) is 4.06. The highest BCUT2D eigenvalue weighted by molar-refractivity contribution is 5.98. The lowest BCUT2D eigenvalue weighted by atomic mass is 10.0. The number of likely N-dealkylation sites (tertiary alicyclic amines) is 1. The number of nitrogens with one attached hydrogen (secondary N) is 7. The Morgan fingerprint density at radius 2 is 1.48 bits per heavy atom. The van der Waals surface area contributed by atoms with Crippen LogP contribution in [-0.2, 0) is 51.2 Å². The van der Waals surface area contributed by atoms with Gasteiger partial charge in [-0.1, -0.05) is 18.2 Å². The summed E-state index contributed by atoms with van der Waals surface area (Å²) in [5, 5.41) is 43.0. The van der Waals surface area contributed by atoms with E-state index in [4.69, 9.17) is 22.9 Å². The van der Waals surface area contributed by atoms with Crippen LogP contribution in [0.1, 0.15) is 63.6 Å². The van der Waals surface area contributed by atoms with Gasteiger partial charge in [-0.3, -0.25) is 43.3 Å². The molecule has 9 atom stereocenters. The van der Waals surface area contributed by atoms with E-state index in [9.17, 15) is 53.7 Å². The molecule has 0 spiro atoms. The number of hydrogen-bond donors (Lipinski definition) is 14. The molecule has 1 saturated heterocycles. The number of aliphatic hydroxyl groups is 2. The third kappa shape index (κ3) is 14.7. The van der Waals surface area contributed by atoms with E-state index >= 15 is 0 Å². The molecule has 1 aliphatic heterocycles. The van der Waals surface area contributed by atoms with E-state index in [1.807, 2.05) is 18.2 Å². The maximum atomic E-state index is 14.5. The van der Waals surface area contributed by atoms with Crippen LogP contribution in [0, 0.1) is 0 Å². The highest BCUT2D eigenvalue weighted by atomic mass is 16.4. The number of nitrogens with two attached hydrogens (primary N) is 4. The van der Waals surface area contributed by atoms with Crippen LogP contribution in [0.2, 0.25) is 0 Å². The number of H-pyrrole nitrogens is 2. The number of carbonyl (C=O) groups excluding carboxylic acids is 7. The molecule has 7 amide bonds. The van der Waals surface area contributed by atoms with Crippen molar-refractivity contribution in [1.29, 1.82) is 0 Å². The van der Waals surface area contributed by atoms with E-state index in [1.54, 1.807) is 12.3 Å². The number of rotatable bonds is 25. The summed E-state index contributed by atoms with van der Waals surface area (Å²) in [6, 6.07) is -2.58. The van der Waals surface area contributed by atoms with E-state index in [1.165, 1.54) is 31.3 Å². The lowest BCUT2D eigenvalue weighted by Crippen LogP contribution is -2.60. The van der Waals surface area contributed by atoms with Crippen molar-refractivity contribution in [2.45, 2.75) is 120 Å². The van der Waals surface area contributed by atoms with Crippen molar-refractivity contribution >= 4 is 64.2 Å². The van der Waals surface area contributed by atoms with Crippen LogP contribution in [-0.4, -0.2) is 156 Å². The average molecular weight is 925 g/mol. The minimum atomic E-state index is -1.58. The maximum absolute atomic E-state index is 14.5. The molecule has 0 unspecified atom stereocenters. The van der Waals surface area contributed by atoms with E-state index < -0.39 is 115 Å². The van der Waals surface area contributed by atoms with Gasteiger partial charge >= 0.3 is 5.97 Å². The summed E-state index contributed by atoms with van der Waals surface area (Å²) >= 11 is 0. The van der Waals surface area contributed by atoms with Gasteiger partial charge in [0.05, 0.1) is 18.5 Å². The molecule has 3 heterocycles. The molecule has 0 aliphatic carbocycles. The van der Waals surface area contributed by atoms with Crippen molar-refractivity contribution in [2.24, 2.45) is 27.9 Å². The van der Waals surface area contributed by atoms with Crippen molar-refractivity contribution in [2.75, 3.05) is 13.1 Å². The third-order valence-corrected chi connectivity index (χ3v) is 10.9. The van der Waals surface area contributed by atoms with Gasteiger partial charge in [0.2, 0.25) is 41.4 Å². The predicted molar refractivity (Wildman–Crippen MR) is 236 cm³/mol. The Morgan fingerprint density at radius 1 is 0.833 bits per heavy atom. The smallest absolute Gasteiger partial charge is 0.303 e. The number of aliphatic carboxylic acids is 1. The summed E-state index contributed by atoms with van der Waals surface area (Å²) in [7, 11) is 0. The van der Waals surface area contributed by atoms with Crippen molar-refractivity contribution in [3.8, 4) is 0 Å². The molecule has 0 bridgehead atoms. The van der Waals surface area contributed by atoms with E-state index in [-0.39, 0.29) is 51.2 Å². The minimum Gasteiger partial charge on any atom is -0.481 e. The summed E-state index contributed by atoms with van der Waals surface area (Å²) in [6.07, 6.45) is 0.891. The molecule has 18 N–H and O–H groups in total. The fraction of sp³-hybridized carbons (Fsp3) is 0.512. The van der Waals surface area contributed by atoms with Gasteiger partial charge in [0.25, 0.3) is 0 Å². The van der Waals surface area contributed by atoms with Crippen molar-refractivity contribution in [3.05, 3.63) is 54.2 Å². The fourth-order valence-electron chi connectivity index (χ4n) is 7.34. The van der Waals surface area contributed by atoms with E-state index in [2.05, 4.69) is 46.5 Å². The number of aromatic nitrogens is 3. The first kappa shape index (κ1) is 51.5. The standard InChI is InChI=1S/C41H60N14O11/c1-20(56)32(42)39(65)53-29(16-23-18-46-19-49-23)36(62)50-26(11-12-31(58)59)35(61)51-27(9-5-13-47-41(44)45)40(66)55-14-6-10-30(55)38(64)52-28(37(63)54-33(21(2)57)34(43)60)15-22-17-48-25-8-4-3-7-24(22)25/h3-4,7-8,17-21,26-30,32-33,48,56-57H,5-6,9-16,42H2,1-2H3,(H2,43,60)(H,46,49)(H,50,62)(H,51,61)(H,52,64)(H,53,65)(H,54,63)(H,58,59)(H4,44,45,47)/t20-,21-,26+,27+,28+,29+,30+,32+,33+/m1/s1. The van der Waals surface area contributed by atoms with Crippen LogP contribution in [0.15, 0.2) is 48.0 Å². The summed E-state index contributed by atoms with van der Waals surface area (Å²) in [6.45, 7) is 2.61. The van der Waals surface area contributed by atoms with Crippen LogP contribution in [0.25, 0.3) is 10.9 Å². The monoisotopic (exact) mass is 924 g/mol. The number of nitrogens with zero attached hydrogens (tertiary/aromatic N) is 3. The first-order valence-electron chi connectivity index (χ1n) is 21.3. The van der Waals surface area contributed by atoms with Gasteiger partial charge in [-0.2, -0.15) is 0 Å². The molecule has 66 heavy (non-hydrogen) atoms. The zero-order chi connectivity index (χ0) is 48.7. The van der Waals surface area contributed by atoms with Gasteiger partial charge in [-0.25, -0.2) is 4.98 Å². The number of aliphatic hydroxyl groups excluding tert-OH is 2. The summed E-state index contributed by atoms with van der Waals surface area (Å²) in [5.41, 5.74) is 24.0. The molecule has 3 aromatic rings. The number of carboxylic acids is 1. The first-order valence-corrected chi connectivity index (χ1v) is 21.3. The zero-order valence-corrected chi connectivity index (χ0v) is 36.6. The quantitative estimate of drug-likeness (QED) is 0.0217. The number of hydrogen-bond acceptors (Lipinski definition) is 13. The largest absolute Gasteiger partial charge is 0.481 e. The van der Waals surface area contributed by atoms with Crippen LogP contribution >= 0.6 is 0 Å². The molecule has 25 nitrogen and oxygen atoms in total. The molecule has 0 saturated carbocycles. The Labute approximate surface area is 378 Å². The molecule has 1 aliphatic rings. The molecular formula is C41H60N14O11. The number of imidazole rings is 1. The number of amides is 7. The second kappa shape index (κ2) is 24.2. The lowest BCUT2D eigenvalue weighted by molar-refractivity contribution is -0.143. The number of carbonyl (C=O) groups is 8. The number of guanidine groups is 1. The lowest BCUT2D eigenvalue weighted by Gasteiger charge is -2.31. The summed E-state index contributed by atoms with van der Waals surface area (Å²) in [5.74, 6) is -7.68. The zero-order valence-electron chi connectivity index (χ0n) is 36.6. The van der Waals surface area contributed by atoms with Crippen molar-refractivity contribution < 1.29 is 53.7 Å². The Hall–Kier alpha value is -7.12. The number of para-hydroxylation sites is 1. The second-order valence-electron chi connectivity index (χ2n) is 16.1. The highest BCUT2D eigenvalue weighted by Gasteiger charge is 2.40. The molecule has 25 heteroatoms. The van der Waals surface area contributed by atoms with Crippen LogP contribution < -0.4 is 49.5 Å². The maximum Gasteiger partial charge on any atom is 0.303 e. The van der Waals surface area contributed by atoms with Crippen LogP contribution in [0.5, 0.6) is 0 Å². The normalized spacial score (nSPS) is 17.2. The van der Waals surface area contributed by atoms with Gasteiger partial charge in [0.15, 0.2) is 5.96 Å². The Bertz CT molecular complexity index is 2210. The first-order chi connectivity index (χ1) is 31.3. The van der Waals surface area contributed by atoms with Gasteiger partial charge < -0.3 is 79.7 Å². The third-order valence-electron chi connectivity index (χ3n) is 10.9. The fourth-order valence-corrected chi connectivity index (χ4v) is 7.34. The molecule has 0 radical (unpaired) electrons. The van der Waals surface area contributed by atoms with Gasteiger partial charge in [-0.05, 0) is 57.6 Å². The number of fused-ring (bicyclic) bond motifs is 1. The minimum absolute atomic E-state index is 0.0258. The summed E-state index contributed by atoms with van der Waals surface area (Å²) < 4.78 is 0. The Kier molecular flexibility index (Phi) is 18.9. The summed E-state index contributed by atoms with van der Waals surface area (Å²) in [4.78, 5) is 122. The van der Waals surface area contributed by atoms with Crippen LogP contribution in [0.3, 0.4) is 0 Å². The highest BCUT2D eigenvalue weighted by Crippen LogP contribution is 2.23. The molecule has 1 fully saturated rings. The number of aliphatic imine (C=N–C) groups is 1. The van der Waals surface area contributed by atoms with E-state index in [0.29, 0.717) is 17.7 Å². The van der Waals surface area contributed by atoms with Crippen molar-refractivity contribution in [3.63, 3.8) is 0 Å². The van der Waals surface area contributed by atoms with Crippen LogP contribution in [0.4, 0.5) is 0 Å². The molecule has 1 aromatic carbocycles. The SMILES string of the molecule is C[C@@H](O)[C@H](N)C(=O)N[C@@H](Cc1cnc[nH]1)C(=O)N[C@@H](CCC(=O)O)C(=O)N[C@@H](CCCN=C(N)N)C(=O)N1CCC[C@H]1C(=O)N[C@@H](Cc1c[nH]c2ccccc12)C(=O)N[C@H](C(N)=O)[C@@H](C)O. The van der Waals surface area contributed by atoms with E-state index in [0.717, 1.165) is 10.9 Å². The Morgan fingerprint density at radius 3 is 2.12 bits per heavy atom. The van der Waals surface area contributed by atoms with Crippen molar-refractivity contribution in [1.82, 2.24) is 46.4 Å². The number of carboxylic acid groups (broad SMARTS) is 1. The number of benzene rings is 1. The number of aromatic amines is 2. The number of primary amides is 1.